The van der Waals surface area contributed by atoms with Crippen LogP contribution >= 0.6 is 0 Å². The van der Waals surface area contributed by atoms with Gasteiger partial charge < -0.3 is 0 Å². The number of fused-ring (bicyclic) bond motifs is 6. The Morgan fingerprint density at radius 1 is 1.50 bits per heavy atom. The molecule has 0 amide bonds. The fourth-order valence-corrected chi connectivity index (χ4v) is 4.01. The highest BCUT2D eigenvalue weighted by Crippen LogP contribution is 2.57. The summed E-state index contributed by atoms with van der Waals surface area (Å²) >= 11 is 0. The van der Waals surface area contributed by atoms with E-state index in [1.807, 2.05) is 0 Å². The van der Waals surface area contributed by atoms with E-state index in [-0.39, 0.29) is 5.41 Å². The van der Waals surface area contributed by atoms with E-state index in [0.717, 1.165) is 19.3 Å². The summed E-state index contributed by atoms with van der Waals surface area (Å²) in [7, 11) is 0. The van der Waals surface area contributed by atoms with Gasteiger partial charge in [0.05, 0.1) is 0 Å². The summed E-state index contributed by atoms with van der Waals surface area (Å²) in [6.45, 7) is 2.24. The number of Topliss-reactive ketones (excluding diaryl/α,β-unsaturated/α-hetero) is 1. The Hall–Kier alpha value is -0.590. The molecule has 0 radical (unpaired) electrons. The van der Waals surface area contributed by atoms with E-state index in [0.29, 0.717) is 23.5 Å². The van der Waals surface area contributed by atoms with Crippen LogP contribution in [0.5, 0.6) is 0 Å². The van der Waals surface area contributed by atoms with E-state index in [9.17, 15) is 4.79 Å². The zero-order valence-corrected chi connectivity index (χ0v) is 8.83. The molecule has 0 spiro atoms. The molecule has 0 aromatic heterocycles. The van der Waals surface area contributed by atoms with Gasteiger partial charge in [0, 0.05) is 11.8 Å². The van der Waals surface area contributed by atoms with Crippen LogP contribution in [0.4, 0.5) is 0 Å². The number of carbonyl (C=O) groups is 1. The lowest BCUT2D eigenvalue weighted by atomic mass is 9.57. The van der Waals surface area contributed by atoms with Crippen molar-refractivity contribution < 1.29 is 4.79 Å². The van der Waals surface area contributed by atoms with E-state index in [2.05, 4.69) is 19.1 Å². The molecule has 1 nitrogen and oxygen atoms in total. The number of rotatable bonds is 1. The minimum atomic E-state index is 0.276. The monoisotopic (exact) mass is 190 g/mol. The average molecular weight is 190 g/mol. The Morgan fingerprint density at radius 3 is 3.14 bits per heavy atom. The summed E-state index contributed by atoms with van der Waals surface area (Å²) in [5.74, 6) is 1.96. The van der Waals surface area contributed by atoms with Gasteiger partial charge in [0.2, 0.25) is 0 Å². The van der Waals surface area contributed by atoms with Crippen molar-refractivity contribution in [3.8, 4) is 0 Å². The zero-order chi connectivity index (χ0) is 9.76. The molecule has 0 N–H and O–H groups in total. The van der Waals surface area contributed by atoms with Crippen molar-refractivity contribution >= 4 is 5.78 Å². The van der Waals surface area contributed by atoms with Gasteiger partial charge in [-0.3, -0.25) is 4.79 Å². The minimum absolute atomic E-state index is 0.276. The third-order valence-corrected chi connectivity index (χ3v) is 4.88. The lowest BCUT2D eigenvalue weighted by Crippen LogP contribution is -2.46. The predicted molar refractivity (Wildman–Crippen MR) is 55.8 cm³/mol. The van der Waals surface area contributed by atoms with Crippen LogP contribution in [0.25, 0.3) is 0 Å². The van der Waals surface area contributed by atoms with Crippen molar-refractivity contribution in [1.29, 1.82) is 0 Å². The first-order valence-corrected chi connectivity index (χ1v) is 6.00. The maximum absolute atomic E-state index is 12.2. The van der Waals surface area contributed by atoms with Crippen LogP contribution in [0, 0.1) is 23.2 Å². The van der Waals surface area contributed by atoms with Gasteiger partial charge in [-0.25, -0.2) is 0 Å². The maximum atomic E-state index is 12.2. The summed E-state index contributed by atoms with van der Waals surface area (Å²) in [5, 5.41) is 0. The Kier molecular flexibility index (Phi) is 1.68. The Balaban J connectivity index is 2.04. The number of hydrogen-bond donors (Lipinski definition) is 0. The molecule has 1 heteroatoms. The van der Waals surface area contributed by atoms with Crippen molar-refractivity contribution in [2.75, 3.05) is 0 Å². The van der Waals surface area contributed by atoms with Gasteiger partial charge in [-0.2, -0.15) is 0 Å². The molecule has 14 heavy (non-hydrogen) atoms. The fourth-order valence-electron chi connectivity index (χ4n) is 4.01. The highest BCUT2D eigenvalue weighted by atomic mass is 16.1. The molecule has 3 aliphatic rings. The zero-order valence-electron chi connectivity index (χ0n) is 8.83. The first kappa shape index (κ1) is 8.70. The molecular weight excluding hydrogens is 172 g/mol. The van der Waals surface area contributed by atoms with Gasteiger partial charge in [0.15, 0.2) is 0 Å². The van der Waals surface area contributed by atoms with Crippen LogP contribution in [0.2, 0.25) is 0 Å². The number of carbonyl (C=O) groups excluding carboxylic acids is 1. The second kappa shape index (κ2) is 2.71. The molecule has 2 fully saturated rings. The predicted octanol–water partition coefficient (Wildman–Crippen LogP) is 2.96. The molecule has 0 aliphatic heterocycles. The van der Waals surface area contributed by atoms with Crippen LogP contribution in [0.3, 0.4) is 0 Å². The third-order valence-electron chi connectivity index (χ3n) is 4.88. The largest absolute Gasteiger partial charge is 0.299 e. The molecule has 0 aromatic rings. The first-order chi connectivity index (χ1) is 6.77. The number of allylic oxidation sites excluding steroid dienone is 2. The molecule has 4 atom stereocenters. The van der Waals surface area contributed by atoms with Crippen LogP contribution < -0.4 is 0 Å². The maximum Gasteiger partial charge on any atom is 0.140 e. The van der Waals surface area contributed by atoms with E-state index in [1.165, 1.54) is 12.8 Å². The van der Waals surface area contributed by atoms with Gasteiger partial charge in [0.1, 0.15) is 5.78 Å². The van der Waals surface area contributed by atoms with E-state index in [1.54, 1.807) is 0 Å². The molecule has 4 bridgehead atoms. The Labute approximate surface area is 85.6 Å². The topological polar surface area (TPSA) is 17.1 Å². The minimum Gasteiger partial charge on any atom is -0.299 e. The second-order valence-corrected chi connectivity index (χ2v) is 5.31. The Bertz CT molecular complexity index is 304. The number of hydrogen-bond acceptors (Lipinski definition) is 1. The molecule has 3 aliphatic carbocycles. The molecule has 0 saturated heterocycles. The highest BCUT2D eigenvalue weighted by molar-refractivity contribution is 5.87. The van der Waals surface area contributed by atoms with Crippen molar-refractivity contribution in [2.45, 2.75) is 39.0 Å². The van der Waals surface area contributed by atoms with Crippen molar-refractivity contribution in [2.24, 2.45) is 23.2 Å². The number of ketones is 1. The fraction of sp³-hybridized carbons (Fsp3) is 0.769. The third kappa shape index (κ3) is 0.884. The normalized spacial score (nSPS) is 49.8. The van der Waals surface area contributed by atoms with E-state index < -0.39 is 0 Å². The first-order valence-electron chi connectivity index (χ1n) is 6.00. The van der Waals surface area contributed by atoms with Crippen LogP contribution in [0.15, 0.2) is 12.2 Å². The van der Waals surface area contributed by atoms with Crippen LogP contribution in [-0.2, 0) is 4.79 Å². The molecule has 4 unspecified atom stereocenters. The van der Waals surface area contributed by atoms with E-state index in [4.69, 9.17) is 0 Å². The molecule has 0 aromatic carbocycles. The summed E-state index contributed by atoms with van der Waals surface area (Å²) in [5.41, 5.74) is 0.276. The highest BCUT2D eigenvalue weighted by Gasteiger charge is 2.53. The van der Waals surface area contributed by atoms with Gasteiger partial charge in [-0.15, -0.1) is 0 Å². The van der Waals surface area contributed by atoms with Crippen LogP contribution in [-0.4, -0.2) is 5.78 Å². The van der Waals surface area contributed by atoms with Crippen molar-refractivity contribution in [3.63, 3.8) is 0 Å². The summed E-state index contributed by atoms with van der Waals surface area (Å²) in [6, 6.07) is 0. The summed E-state index contributed by atoms with van der Waals surface area (Å²) in [4.78, 5) is 12.2. The average Bonchev–Trinajstić information content (AvgIpc) is 2.59. The van der Waals surface area contributed by atoms with Crippen molar-refractivity contribution in [3.05, 3.63) is 12.2 Å². The van der Waals surface area contributed by atoms with Gasteiger partial charge in [0.25, 0.3) is 0 Å². The molecule has 76 valence electrons. The second-order valence-electron chi connectivity index (χ2n) is 5.31. The van der Waals surface area contributed by atoms with Crippen molar-refractivity contribution in [1.82, 2.24) is 0 Å². The van der Waals surface area contributed by atoms with Gasteiger partial charge >= 0.3 is 0 Å². The Morgan fingerprint density at radius 2 is 2.36 bits per heavy atom. The smallest absolute Gasteiger partial charge is 0.140 e. The standard InChI is InChI=1S/C13H18O/c1-2-13-7-6-9(8-13)10-4-3-5-11(13)12(10)14/h6-7,9-11H,2-5,8H2,1H3. The molecular formula is C13H18O. The summed E-state index contributed by atoms with van der Waals surface area (Å²) < 4.78 is 0. The lowest BCUT2D eigenvalue weighted by molar-refractivity contribution is -0.139. The molecule has 3 rings (SSSR count). The quantitative estimate of drug-likeness (QED) is 0.581. The van der Waals surface area contributed by atoms with E-state index >= 15 is 0 Å². The molecule has 2 saturated carbocycles. The van der Waals surface area contributed by atoms with Crippen LogP contribution in [0.1, 0.15) is 39.0 Å². The SMILES string of the molecule is CCC12C=CC(C1)C1CCCC2C1=O. The van der Waals surface area contributed by atoms with Gasteiger partial charge in [-0.05, 0) is 37.0 Å². The lowest BCUT2D eigenvalue weighted by Gasteiger charge is -2.46. The van der Waals surface area contributed by atoms with Gasteiger partial charge in [-0.1, -0.05) is 25.5 Å². The molecule has 0 heterocycles. The summed E-state index contributed by atoms with van der Waals surface area (Å²) in [6.07, 6.45) is 10.7.